The molecule has 0 aliphatic rings. The van der Waals surface area contributed by atoms with Gasteiger partial charge in [0, 0.05) is 5.69 Å². The van der Waals surface area contributed by atoms with Gasteiger partial charge < -0.3 is 16.6 Å². The standard InChI is InChI=1S/C13H14N2O2/c14-10-5-8-3-1-2-4-11(8)9(6-10)7-12(15)13(16)17/h1-6,12H,7,14-15H2,(H,16,17)/t12-/m0/s1. The van der Waals surface area contributed by atoms with E-state index in [9.17, 15) is 4.79 Å². The summed E-state index contributed by atoms with van der Waals surface area (Å²) in [7, 11) is 0. The fourth-order valence-corrected chi connectivity index (χ4v) is 1.91. The Bertz CT molecular complexity index is 566. The summed E-state index contributed by atoms with van der Waals surface area (Å²) in [5, 5.41) is 10.8. The van der Waals surface area contributed by atoms with E-state index < -0.39 is 12.0 Å². The lowest BCUT2D eigenvalue weighted by Gasteiger charge is -2.10. The fraction of sp³-hybridized carbons (Fsp3) is 0.154. The molecule has 5 N–H and O–H groups in total. The molecule has 0 saturated heterocycles. The zero-order chi connectivity index (χ0) is 12.4. The van der Waals surface area contributed by atoms with E-state index in [0.29, 0.717) is 5.69 Å². The maximum Gasteiger partial charge on any atom is 0.320 e. The van der Waals surface area contributed by atoms with Gasteiger partial charge in [0.15, 0.2) is 0 Å². The number of benzene rings is 2. The van der Waals surface area contributed by atoms with Gasteiger partial charge >= 0.3 is 5.97 Å². The van der Waals surface area contributed by atoms with Crippen molar-refractivity contribution in [3.63, 3.8) is 0 Å². The lowest BCUT2D eigenvalue weighted by atomic mass is 9.98. The number of aliphatic carboxylic acids is 1. The van der Waals surface area contributed by atoms with E-state index in [4.69, 9.17) is 16.6 Å². The van der Waals surface area contributed by atoms with Gasteiger partial charge in [0.1, 0.15) is 6.04 Å². The molecule has 0 spiro atoms. The molecule has 0 fully saturated rings. The summed E-state index contributed by atoms with van der Waals surface area (Å²) in [5.74, 6) is -1.00. The summed E-state index contributed by atoms with van der Waals surface area (Å²) in [4.78, 5) is 10.8. The first-order chi connectivity index (χ1) is 8.08. The first-order valence-electron chi connectivity index (χ1n) is 5.33. The Balaban J connectivity index is 2.49. The van der Waals surface area contributed by atoms with Crippen molar-refractivity contribution < 1.29 is 9.90 Å². The number of carboxylic acids is 1. The zero-order valence-electron chi connectivity index (χ0n) is 9.26. The smallest absolute Gasteiger partial charge is 0.320 e. The quantitative estimate of drug-likeness (QED) is 0.695. The van der Waals surface area contributed by atoms with Crippen LogP contribution >= 0.6 is 0 Å². The van der Waals surface area contributed by atoms with Gasteiger partial charge in [0.25, 0.3) is 0 Å². The summed E-state index contributed by atoms with van der Waals surface area (Å²) in [6.45, 7) is 0. The van der Waals surface area contributed by atoms with Gasteiger partial charge in [-0.3, -0.25) is 4.79 Å². The Morgan fingerprint density at radius 1 is 1.29 bits per heavy atom. The predicted octanol–water partition coefficient (Wildman–Crippen LogP) is 1.38. The van der Waals surface area contributed by atoms with Crippen LogP contribution < -0.4 is 11.5 Å². The van der Waals surface area contributed by atoms with Crippen LogP contribution in [0.3, 0.4) is 0 Å². The van der Waals surface area contributed by atoms with Crippen LogP contribution in [-0.4, -0.2) is 17.1 Å². The van der Waals surface area contributed by atoms with Gasteiger partial charge in [-0.1, -0.05) is 24.3 Å². The second kappa shape index (κ2) is 4.43. The summed E-state index contributed by atoms with van der Waals surface area (Å²) < 4.78 is 0. The molecule has 0 saturated carbocycles. The Hall–Kier alpha value is -2.07. The third-order valence-corrected chi connectivity index (χ3v) is 2.73. The molecule has 2 aromatic carbocycles. The maximum absolute atomic E-state index is 10.8. The molecule has 0 unspecified atom stereocenters. The highest BCUT2D eigenvalue weighted by atomic mass is 16.4. The van der Waals surface area contributed by atoms with Crippen molar-refractivity contribution in [2.75, 3.05) is 5.73 Å². The summed E-state index contributed by atoms with van der Waals surface area (Å²) >= 11 is 0. The first kappa shape index (κ1) is 11.4. The Morgan fingerprint density at radius 2 is 2.00 bits per heavy atom. The Kier molecular flexibility index (Phi) is 2.97. The number of rotatable bonds is 3. The maximum atomic E-state index is 10.8. The average Bonchev–Trinajstić information content (AvgIpc) is 2.28. The van der Waals surface area contributed by atoms with Crippen molar-refractivity contribution in [2.45, 2.75) is 12.5 Å². The van der Waals surface area contributed by atoms with Crippen molar-refractivity contribution in [3.8, 4) is 0 Å². The number of fused-ring (bicyclic) bond motifs is 1. The number of hydrogen-bond acceptors (Lipinski definition) is 3. The lowest BCUT2D eigenvalue weighted by molar-refractivity contribution is -0.138. The molecule has 0 aliphatic carbocycles. The summed E-state index contributed by atoms with van der Waals surface area (Å²) in [5.41, 5.74) is 12.8. The molecule has 0 heterocycles. The minimum atomic E-state index is -1.00. The molecule has 1 atom stereocenters. The van der Waals surface area contributed by atoms with E-state index >= 15 is 0 Å². The lowest BCUT2D eigenvalue weighted by Crippen LogP contribution is -2.32. The predicted molar refractivity (Wildman–Crippen MR) is 67.7 cm³/mol. The van der Waals surface area contributed by atoms with E-state index in [-0.39, 0.29) is 6.42 Å². The Morgan fingerprint density at radius 3 is 2.71 bits per heavy atom. The summed E-state index contributed by atoms with van der Waals surface area (Å²) in [6.07, 6.45) is 0.279. The van der Waals surface area contributed by atoms with Crippen LogP contribution in [0, 0.1) is 0 Å². The van der Waals surface area contributed by atoms with Gasteiger partial charge in [-0.2, -0.15) is 0 Å². The van der Waals surface area contributed by atoms with Crippen LogP contribution in [0.5, 0.6) is 0 Å². The molecule has 0 aromatic heterocycles. The Labute approximate surface area is 98.8 Å². The minimum absolute atomic E-state index is 0.279. The van der Waals surface area contributed by atoms with Gasteiger partial charge in [-0.15, -0.1) is 0 Å². The van der Waals surface area contributed by atoms with Gasteiger partial charge in [-0.25, -0.2) is 0 Å². The molecule has 4 heteroatoms. The molecule has 0 bridgehead atoms. The first-order valence-corrected chi connectivity index (χ1v) is 5.33. The monoisotopic (exact) mass is 230 g/mol. The topological polar surface area (TPSA) is 89.3 Å². The molecule has 0 radical (unpaired) electrons. The van der Waals surface area contributed by atoms with Gasteiger partial charge in [0.2, 0.25) is 0 Å². The molecule has 2 aromatic rings. The average molecular weight is 230 g/mol. The van der Waals surface area contributed by atoms with Crippen molar-refractivity contribution in [1.29, 1.82) is 0 Å². The molecule has 2 rings (SSSR count). The number of anilines is 1. The highest BCUT2D eigenvalue weighted by Gasteiger charge is 2.14. The highest BCUT2D eigenvalue weighted by molar-refractivity contribution is 5.89. The van der Waals surface area contributed by atoms with Crippen LogP contribution in [0.4, 0.5) is 5.69 Å². The van der Waals surface area contributed by atoms with E-state index in [1.54, 1.807) is 6.07 Å². The van der Waals surface area contributed by atoms with E-state index in [0.717, 1.165) is 16.3 Å². The third kappa shape index (κ3) is 2.37. The normalized spacial score (nSPS) is 12.5. The molecule has 0 amide bonds. The highest BCUT2D eigenvalue weighted by Crippen LogP contribution is 2.23. The van der Waals surface area contributed by atoms with Gasteiger partial charge in [0.05, 0.1) is 0 Å². The SMILES string of the molecule is Nc1cc(C[C@H](N)C(=O)O)c2ccccc2c1. The van der Waals surface area contributed by atoms with Crippen LogP contribution in [0.2, 0.25) is 0 Å². The molecular formula is C13H14N2O2. The van der Waals surface area contributed by atoms with Crippen molar-refractivity contribution in [2.24, 2.45) is 5.73 Å². The van der Waals surface area contributed by atoms with Crippen molar-refractivity contribution >= 4 is 22.4 Å². The molecular weight excluding hydrogens is 216 g/mol. The van der Waals surface area contributed by atoms with E-state index in [2.05, 4.69) is 0 Å². The number of nitrogens with two attached hydrogens (primary N) is 2. The number of carbonyl (C=O) groups is 1. The molecule has 0 aliphatic heterocycles. The number of carboxylic acid groups (broad SMARTS) is 1. The fourth-order valence-electron chi connectivity index (χ4n) is 1.91. The largest absolute Gasteiger partial charge is 0.480 e. The van der Waals surface area contributed by atoms with E-state index in [1.807, 2.05) is 30.3 Å². The van der Waals surface area contributed by atoms with Gasteiger partial charge in [-0.05, 0) is 34.9 Å². The second-order valence-electron chi connectivity index (χ2n) is 4.05. The number of nitrogen functional groups attached to an aromatic ring is 1. The van der Waals surface area contributed by atoms with Crippen LogP contribution in [0.1, 0.15) is 5.56 Å². The molecule has 17 heavy (non-hydrogen) atoms. The number of hydrogen-bond donors (Lipinski definition) is 3. The minimum Gasteiger partial charge on any atom is -0.480 e. The molecule has 4 nitrogen and oxygen atoms in total. The van der Waals surface area contributed by atoms with Crippen LogP contribution in [0.15, 0.2) is 36.4 Å². The van der Waals surface area contributed by atoms with E-state index in [1.165, 1.54) is 0 Å². The summed E-state index contributed by atoms with van der Waals surface area (Å²) in [6, 6.07) is 10.5. The van der Waals surface area contributed by atoms with Crippen molar-refractivity contribution in [3.05, 3.63) is 42.0 Å². The van der Waals surface area contributed by atoms with Crippen molar-refractivity contribution in [1.82, 2.24) is 0 Å². The zero-order valence-corrected chi connectivity index (χ0v) is 9.26. The molecule has 88 valence electrons. The second-order valence-corrected chi connectivity index (χ2v) is 4.05. The van der Waals surface area contributed by atoms with Crippen LogP contribution in [0.25, 0.3) is 10.8 Å². The third-order valence-electron chi connectivity index (χ3n) is 2.73. The van der Waals surface area contributed by atoms with Crippen LogP contribution in [-0.2, 0) is 11.2 Å².